The van der Waals surface area contributed by atoms with Crippen LogP contribution in [0, 0.1) is 5.92 Å². The molecule has 2 aliphatic rings. The van der Waals surface area contributed by atoms with E-state index in [2.05, 4.69) is 25.2 Å². The molecule has 9 heteroatoms. The molecule has 0 spiro atoms. The number of hydrogen-bond acceptors (Lipinski definition) is 7. The van der Waals surface area contributed by atoms with Gasteiger partial charge in [-0.05, 0) is 57.8 Å². The van der Waals surface area contributed by atoms with Crippen LogP contribution in [0.4, 0.5) is 5.13 Å². The van der Waals surface area contributed by atoms with E-state index in [9.17, 15) is 9.59 Å². The molecule has 0 saturated carbocycles. The lowest BCUT2D eigenvalue weighted by Crippen LogP contribution is -2.38. The van der Waals surface area contributed by atoms with Gasteiger partial charge in [0.2, 0.25) is 5.91 Å². The first-order chi connectivity index (χ1) is 15.6. The third-order valence-electron chi connectivity index (χ3n) is 6.29. The van der Waals surface area contributed by atoms with Crippen LogP contribution in [0.15, 0.2) is 24.3 Å². The number of para-hydroxylation sites is 2. The summed E-state index contributed by atoms with van der Waals surface area (Å²) in [6, 6.07) is 8.04. The normalized spacial score (nSPS) is 19.2. The van der Waals surface area contributed by atoms with Crippen molar-refractivity contribution < 1.29 is 14.3 Å². The number of aryl methyl sites for hydroxylation is 1. The van der Waals surface area contributed by atoms with Gasteiger partial charge < -0.3 is 15.0 Å². The number of amides is 1. The highest BCUT2D eigenvalue weighted by Gasteiger charge is 2.34. The maximum atomic E-state index is 12.8. The van der Waals surface area contributed by atoms with Crippen LogP contribution in [0.25, 0.3) is 11.0 Å². The Hall–Kier alpha value is -2.78. The topological polar surface area (TPSA) is 100 Å². The number of esters is 1. The van der Waals surface area contributed by atoms with Gasteiger partial charge in [-0.3, -0.25) is 14.5 Å². The largest absolute Gasteiger partial charge is 0.465 e. The van der Waals surface area contributed by atoms with Gasteiger partial charge >= 0.3 is 5.97 Å². The zero-order chi connectivity index (χ0) is 22.1. The van der Waals surface area contributed by atoms with E-state index in [-0.39, 0.29) is 23.7 Å². The van der Waals surface area contributed by atoms with Crippen LogP contribution in [0.3, 0.4) is 0 Å². The second kappa shape index (κ2) is 8.99. The van der Waals surface area contributed by atoms with Crippen LogP contribution in [0.1, 0.15) is 48.5 Å². The summed E-state index contributed by atoms with van der Waals surface area (Å²) in [5.74, 6) is 0.442. The van der Waals surface area contributed by atoms with Crippen LogP contribution in [0.5, 0.6) is 0 Å². The summed E-state index contributed by atoms with van der Waals surface area (Å²) < 4.78 is 5.16. The Labute approximate surface area is 190 Å². The maximum Gasteiger partial charge on any atom is 0.315 e. The number of nitrogens with zero attached hydrogens (tertiary/aromatic N) is 3. The van der Waals surface area contributed by atoms with Crippen LogP contribution >= 0.6 is 11.3 Å². The Bertz CT molecular complexity index is 1100. The summed E-state index contributed by atoms with van der Waals surface area (Å²) >= 11 is 1.48. The van der Waals surface area contributed by atoms with Crippen LogP contribution in [-0.4, -0.2) is 51.4 Å². The number of ether oxygens (including phenoxy) is 1. The fourth-order valence-electron chi connectivity index (χ4n) is 4.61. The molecule has 1 unspecified atom stereocenters. The van der Waals surface area contributed by atoms with Gasteiger partial charge in [-0.25, -0.2) is 9.97 Å². The van der Waals surface area contributed by atoms with Gasteiger partial charge in [0.1, 0.15) is 11.7 Å². The predicted molar refractivity (Wildman–Crippen MR) is 123 cm³/mol. The number of fused-ring (bicyclic) bond motifs is 2. The van der Waals surface area contributed by atoms with E-state index in [4.69, 9.17) is 4.74 Å². The average molecular weight is 454 g/mol. The standard InChI is InChI=1S/C23H27N5O3S/c1-2-31-22(30)15-7-8-18-20(15)26-23(32-18)27-21(29)14-9-11-28(12-10-14)13-19-24-16-5-3-4-6-17(16)25-19/h3-6,14-15H,2,7-13H2,1H3,(H,24,25)(H,26,27,29). The van der Waals surface area contributed by atoms with Crippen molar-refractivity contribution in [1.29, 1.82) is 0 Å². The molecular weight excluding hydrogens is 426 g/mol. The maximum absolute atomic E-state index is 12.8. The smallest absolute Gasteiger partial charge is 0.315 e. The van der Waals surface area contributed by atoms with Crippen molar-refractivity contribution in [2.75, 3.05) is 25.0 Å². The Kier molecular flexibility index (Phi) is 5.93. The van der Waals surface area contributed by atoms with Gasteiger partial charge in [0.15, 0.2) is 5.13 Å². The Morgan fingerprint density at radius 3 is 2.81 bits per heavy atom. The minimum Gasteiger partial charge on any atom is -0.465 e. The van der Waals surface area contributed by atoms with E-state index >= 15 is 0 Å². The highest BCUT2D eigenvalue weighted by atomic mass is 32.1. The van der Waals surface area contributed by atoms with Crippen molar-refractivity contribution in [3.05, 3.63) is 40.7 Å². The van der Waals surface area contributed by atoms with Crippen molar-refractivity contribution >= 4 is 39.4 Å². The Balaban J connectivity index is 1.14. The lowest BCUT2D eigenvalue weighted by Gasteiger charge is -2.30. The number of carbonyl (C=O) groups excluding carboxylic acids is 2. The molecule has 1 aliphatic carbocycles. The fourth-order valence-corrected chi connectivity index (χ4v) is 5.65. The SMILES string of the molecule is CCOC(=O)C1CCc2sc(NC(=O)C3CCN(Cc4nc5ccccc5[nH]4)CC3)nc21. The first kappa shape index (κ1) is 21.1. The number of hydrogen-bond donors (Lipinski definition) is 2. The van der Waals surface area contributed by atoms with Crippen LogP contribution < -0.4 is 5.32 Å². The number of H-pyrrole nitrogens is 1. The number of benzene rings is 1. The van der Waals surface area contributed by atoms with Gasteiger partial charge in [0.05, 0.1) is 29.9 Å². The van der Waals surface area contributed by atoms with Crippen LogP contribution in [-0.2, 0) is 27.3 Å². The van der Waals surface area contributed by atoms with Gasteiger partial charge in [0, 0.05) is 10.8 Å². The molecule has 1 aliphatic heterocycles. The number of carbonyl (C=O) groups is 2. The van der Waals surface area contributed by atoms with Crippen molar-refractivity contribution in [2.24, 2.45) is 5.92 Å². The first-order valence-electron chi connectivity index (χ1n) is 11.2. The number of piperidine rings is 1. The number of thiazole rings is 1. The summed E-state index contributed by atoms with van der Waals surface area (Å²) in [4.78, 5) is 41.0. The molecule has 32 heavy (non-hydrogen) atoms. The quantitative estimate of drug-likeness (QED) is 0.555. The zero-order valence-electron chi connectivity index (χ0n) is 18.1. The van der Waals surface area contributed by atoms with Crippen molar-refractivity contribution in [3.63, 3.8) is 0 Å². The number of aromatic nitrogens is 3. The predicted octanol–water partition coefficient (Wildman–Crippen LogP) is 3.46. The third-order valence-corrected chi connectivity index (χ3v) is 7.34. The van der Waals surface area contributed by atoms with E-state index in [1.165, 1.54) is 11.3 Å². The molecule has 1 saturated heterocycles. The molecular formula is C23H27N5O3S. The third kappa shape index (κ3) is 4.27. The molecule has 2 N–H and O–H groups in total. The summed E-state index contributed by atoms with van der Waals surface area (Å²) in [6.45, 7) is 4.65. The highest BCUT2D eigenvalue weighted by Crippen LogP contribution is 2.39. The van der Waals surface area contributed by atoms with Gasteiger partial charge in [-0.2, -0.15) is 0 Å². The second-order valence-corrected chi connectivity index (χ2v) is 9.49. The zero-order valence-corrected chi connectivity index (χ0v) is 18.9. The molecule has 1 aromatic carbocycles. The molecule has 168 valence electrons. The fraction of sp³-hybridized carbons (Fsp3) is 0.478. The minimum atomic E-state index is -0.298. The van der Waals surface area contributed by atoms with E-state index in [1.807, 2.05) is 31.2 Å². The number of rotatable bonds is 6. The van der Waals surface area contributed by atoms with Crippen molar-refractivity contribution in [3.8, 4) is 0 Å². The van der Waals surface area contributed by atoms with Crippen LogP contribution in [0.2, 0.25) is 0 Å². The molecule has 1 atom stereocenters. The molecule has 2 aromatic heterocycles. The number of likely N-dealkylation sites (tertiary alicyclic amines) is 1. The van der Waals surface area contributed by atoms with Crippen molar-refractivity contribution in [2.45, 2.75) is 45.1 Å². The van der Waals surface area contributed by atoms with E-state index in [0.29, 0.717) is 11.7 Å². The van der Waals surface area contributed by atoms with Gasteiger partial charge in [0.25, 0.3) is 0 Å². The second-order valence-electron chi connectivity index (χ2n) is 8.41. The minimum absolute atomic E-state index is 0.0218. The molecule has 3 aromatic rings. The first-order valence-corrected chi connectivity index (χ1v) is 12.1. The summed E-state index contributed by atoms with van der Waals surface area (Å²) in [6.07, 6.45) is 3.17. The van der Waals surface area contributed by atoms with E-state index in [1.54, 1.807) is 0 Å². The molecule has 1 amide bonds. The molecule has 0 radical (unpaired) electrons. The Morgan fingerprint density at radius 2 is 2.03 bits per heavy atom. The molecule has 0 bridgehead atoms. The van der Waals surface area contributed by atoms with Gasteiger partial charge in [-0.1, -0.05) is 12.1 Å². The number of anilines is 1. The molecule has 8 nitrogen and oxygen atoms in total. The number of imidazole rings is 1. The van der Waals surface area contributed by atoms with E-state index < -0.39 is 0 Å². The Morgan fingerprint density at radius 1 is 1.22 bits per heavy atom. The average Bonchev–Trinajstić information content (AvgIpc) is 3.47. The van der Waals surface area contributed by atoms with Gasteiger partial charge in [-0.15, -0.1) is 11.3 Å². The van der Waals surface area contributed by atoms with Crippen molar-refractivity contribution in [1.82, 2.24) is 19.9 Å². The lowest BCUT2D eigenvalue weighted by atomic mass is 9.96. The summed E-state index contributed by atoms with van der Waals surface area (Å²) in [7, 11) is 0. The summed E-state index contributed by atoms with van der Waals surface area (Å²) in [5.41, 5.74) is 2.82. The molecule has 3 heterocycles. The molecule has 1 fully saturated rings. The lowest BCUT2D eigenvalue weighted by molar-refractivity contribution is -0.145. The number of nitrogens with one attached hydrogen (secondary N) is 2. The molecule has 5 rings (SSSR count). The van der Waals surface area contributed by atoms with E-state index in [0.717, 1.165) is 72.7 Å². The highest BCUT2D eigenvalue weighted by molar-refractivity contribution is 7.16. The summed E-state index contributed by atoms with van der Waals surface area (Å²) in [5, 5.41) is 3.59. The number of aromatic amines is 1. The monoisotopic (exact) mass is 453 g/mol.